The molecule has 1 rings (SSSR count). The number of halogens is 1. The van der Waals surface area contributed by atoms with Gasteiger partial charge in [-0.25, -0.2) is 0 Å². The van der Waals surface area contributed by atoms with Crippen LogP contribution in [-0.2, 0) is 0 Å². The summed E-state index contributed by atoms with van der Waals surface area (Å²) in [7, 11) is 1.97. The van der Waals surface area contributed by atoms with E-state index in [0.29, 0.717) is 12.3 Å². The van der Waals surface area contributed by atoms with E-state index in [0.717, 1.165) is 17.6 Å². The number of anilines is 1. The van der Waals surface area contributed by atoms with Gasteiger partial charge in [0, 0.05) is 29.3 Å². The normalized spacial score (nSPS) is 12.2. The lowest BCUT2D eigenvalue weighted by atomic mass is 10.0. The number of hydrogen-bond donors (Lipinski definition) is 1. The number of hydrogen-bond acceptors (Lipinski definition) is 3. The second-order valence-corrected chi connectivity index (χ2v) is 6.38. The van der Waals surface area contributed by atoms with Gasteiger partial charge in [0.1, 0.15) is 0 Å². The van der Waals surface area contributed by atoms with Crippen molar-refractivity contribution in [3.8, 4) is 6.07 Å². The Labute approximate surface area is 131 Å². The molecule has 0 saturated carbocycles. The lowest BCUT2D eigenvalue weighted by Gasteiger charge is -2.30. The minimum absolute atomic E-state index is 0.277. The fourth-order valence-corrected chi connectivity index (χ4v) is 2.63. The van der Waals surface area contributed by atoms with Crippen LogP contribution in [0.5, 0.6) is 0 Å². The van der Waals surface area contributed by atoms with Crippen LogP contribution in [0.25, 0.3) is 0 Å². The molecule has 0 aliphatic heterocycles. The molecule has 110 valence electrons. The fourth-order valence-electron chi connectivity index (χ4n) is 2.25. The molecule has 1 aromatic carbocycles. The summed E-state index contributed by atoms with van der Waals surface area (Å²) in [6.07, 6.45) is 0.552. The van der Waals surface area contributed by atoms with Gasteiger partial charge >= 0.3 is 0 Å². The van der Waals surface area contributed by atoms with Gasteiger partial charge in [-0.1, -0.05) is 29.8 Å². The first-order valence-electron chi connectivity index (χ1n) is 7.08. The molecular formula is C16H24BrN3. The van der Waals surface area contributed by atoms with Gasteiger partial charge in [-0.3, -0.25) is 0 Å². The van der Waals surface area contributed by atoms with Gasteiger partial charge in [-0.15, -0.1) is 0 Å². The summed E-state index contributed by atoms with van der Waals surface area (Å²) >= 11 is 3.55. The Morgan fingerprint density at radius 2 is 2.05 bits per heavy atom. The zero-order valence-corrected chi connectivity index (χ0v) is 14.4. The van der Waals surface area contributed by atoms with Crippen LogP contribution in [0.4, 0.5) is 5.69 Å². The Balaban J connectivity index is 3.13. The van der Waals surface area contributed by atoms with Gasteiger partial charge in [0.2, 0.25) is 0 Å². The van der Waals surface area contributed by atoms with Crippen molar-refractivity contribution in [2.24, 2.45) is 5.92 Å². The van der Waals surface area contributed by atoms with Crippen LogP contribution < -0.4 is 10.2 Å². The summed E-state index contributed by atoms with van der Waals surface area (Å²) in [4.78, 5) is 2.32. The molecule has 1 unspecified atom stereocenters. The Morgan fingerprint density at radius 3 is 2.60 bits per heavy atom. The quantitative estimate of drug-likeness (QED) is 0.813. The van der Waals surface area contributed by atoms with Crippen LogP contribution in [0.2, 0.25) is 0 Å². The smallest absolute Gasteiger partial charge is 0.0640 e. The van der Waals surface area contributed by atoms with Crippen LogP contribution in [0.1, 0.15) is 38.8 Å². The van der Waals surface area contributed by atoms with Crippen molar-refractivity contribution >= 4 is 21.6 Å². The summed E-state index contributed by atoms with van der Waals surface area (Å²) in [6.45, 7) is 8.31. The van der Waals surface area contributed by atoms with E-state index >= 15 is 0 Å². The molecule has 1 N–H and O–H groups in total. The summed E-state index contributed by atoms with van der Waals surface area (Å²) in [5.41, 5.74) is 2.49. The van der Waals surface area contributed by atoms with Gasteiger partial charge < -0.3 is 10.2 Å². The molecule has 0 heterocycles. The maximum Gasteiger partial charge on any atom is 0.0640 e. The molecule has 0 fully saturated rings. The number of benzene rings is 1. The highest BCUT2D eigenvalue weighted by Gasteiger charge is 2.16. The first-order chi connectivity index (χ1) is 9.49. The van der Waals surface area contributed by atoms with Crippen LogP contribution in [0.3, 0.4) is 0 Å². The summed E-state index contributed by atoms with van der Waals surface area (Å²) in [5.74, 6) is 0.565. The first kappa shape index (κ1) is 17.0. The van der Waals surface area contributed by atoms with Crippen LogP contribution in [0.15, 0.2) is 22.7 Å². The second-order valence-electron chi connectivity index (χ2n) is 5.46. The predicted octanol–water partition coefficient (Wildman–Crippen LogP) is 4.11. The van der Waals surface area contributed by atoms with Crippen molar-refractivity contribution in [2.45, 2.75) is 33.2 Å². The van der Waals surface area contributed by atoms with Crippen molar-refractivity contribution in [3.05, 3.63) is 28.2 Å². The Morgan fingerprint density at radius 1 is 1.35 bits per heavy atom. The van der Waals surface area contributed by atoms with Crippen LogP contribution in [0, 0.1) is 17.2 Å². The molecule has 1 atom stereocenters. The van der Waals surface area contributed by atoms with E-state index < -0.39 is 0 Å². The number of rotatable bonds is 7. The molecule has 3 nitrogen and oxygen atoms in total. The van der Waals surface area contributed by atoms with Gasteiger partial charge in [0.15, 0.2) is 0 Å². The number of nitrogens with one attached hydrogen (secondary N) is 1. The van der Waals surface area contributed by atoms with E-state index in [9.17, 15) is 0 Å². The molecule has 4 heteroatoms. The highest BCUT2D eigenvalue weighted by molar-refractivity contribution is 9.10. The van der Waals surface area contributed by atoms with Crippen molar-refractivity contribution in [1.29, 1.82) is 5.26 Å². The third-order valence-electron chi connectivity index (χ3n) is 3.31. The predicted molar refractivity (Wildman–Crippen MR) is 88.9 cm³/mol. The van der Waals surface area contributed by atoms with E-state index in [2.05, 4.69) is 71.2 Å². The van der Waals surface area contributed by atoms with Crippen molar-refractivity contribution in [1.82, 2.24) is 5.32 Å². The average molecular weight is 338 g/mol. The van der Waals surface area contributed by atoms with Gasteiger partial charge in [0.25, 0.3) is 0 Å². The number of nitrogens with zero attached hydrogens (tertiary/aromatic N) is 2. The molecule has 0 aromatic heterocycles. The van der Waals surface area contributed by atoms with E-state index in [1.807, 2.05) is 7.05 Å². The molecule has 0 radical (unpaired) electrons. The van der Waals surface area contributed by atoms with Crippen LogP contribution in [-0.4, -0.2) is 20.1 Å². The van der Waals surface area contributed by atoms with E-state index in [-0.39, 0.29) is 6.04 Å². The third-order valence-corrected chi connectivity index (χ3v) is 3.80. The average Bonchev–Trinajstić information content (AvgIpc) is 2.42. The van der Waals surface area contributed by atoms with Crippen molar-refractivity contribution < 1.29 is 0 Å². The fraction of sp³-hybridized carbons (Fsp3) is 0.562. The maximum atomic E-state index is 8.87. The minimum atomic E-state index is 0.277. The Kier molecular flexibility index (Phi) is 7.04. The minimum Gasteiger partial charge on any atom is -0.370 e. The first-order valence-corrected chi connectivity index (χ1v) is 7.87. The molecule has 0 aliphatic rings. The molecule has 20 heavy (non-hydrogen) atoms. The standard InChI is InChI=1S/C16H24BrN3/c1-12(2)11-20(9-5-8-18)16-7-6-14(17)10-15(16)13(3)19-4/h6-7,10,12-13,19H,5,9,11H2,1-4H3. The molecule has 0 spiro atoms. The zero-order valence-electron chi connectivity index (χ0n) is 12.8. The molecule has 1 aromatic rings. The molecule has 0 saturated heterocycles. The monoisotopic (exact) mass is 337 g/mol. The maximum absolute atomic E-state index is 8.87. The topological polar surface area (TPSA) is 39.1 Å². The largest absolute Gasteiger partial charge is 0.370 e. The highest BCUT2D eigenvalue weighted by Crippen LogP contribution is 2.30. The lowest BCUT2D eigenvalue weighted by Crippen LogP contribution is -2.30. The number of nitriles is 1. The van der Waals surface area contributed by atoms with E-state index in [1.165, 1.54) is 11.3 Å². The van der Waals surface area contributed by atoms with E-state index in [1.54, 1.807) is 0 Å². The van der Waals surface area contributed by atoms with Gasteiger partial charge in [-0.05, 0) is 43.7 Å². The Hall–Kier alpha value is -1.05. The van der Waals surface area contributed by atoms with E-state index in [4.69, 9.17) is 5.26 Å². The van der Waals surface area contributed by atoms with Gasteiger partial charge in [-0.2, -0.15) is 5.26 Å². The molecule has 0 amide bonds. The summed E-state index contributed by atoms with van der Waals surface area (Å²) < 4.78 is 1.09. The van der Waals surface area contributed by atoms with Crippen molar-refractivity contribution in [3.63, 3.8) is 0 Å². The molecule has 0 aliphatic carbocycles. The van der Waals surface area contributed by atoms with Crippen LogP contribution >= 0.6 is 15.9 Å². The molecule has 0 bridgehead atoms. The summed E-state index contributed by atoms with van der Waals surface area (Å²) in [5, 5.41) is 12.2. The highest BCUT2D eigenvalue weighted by atomic mass is 79.9. The zero-order chi connectivity index (χ0) is 15.1. The third kappa shape index (κ3) is 4.81. The Bertz CT molecular complexity index is 465. The SMILES string of the molecule is CNC(C)c1cc(Br)ccc1N(CCC#N)CC(C)C. The lowest BCUT2D eigenvalue weighted by molar-refractivity contribution is 0.600. The van der Waals surface area contributed by atoms with Crippen molar-refractivity contribution in [2.75, 3.05) is 25.0 Å². The molecular weight excluding hydrogens is 314 g/mol. The second kappa shape index (κ2) is 8.28. The van der Waals surface area contributed by atoms with Gasteiger partial charge in [0.05, 0.1) is 12.5 Å². The summed E-state index contributed by atoms with van der Waals surface area (Å²) in [6, 6.07) is 8.90.